The van der Waals surface area contributed by atoms with Gasteiger partial charge in [-0.1, -0.05) is 6.92 Å². The summed E-state index contributed by atoms with van der Waals surface area (Å²) in [6, 6.07) is 1.23. The van der Waals surface area contributed by atoms with Gasteiger partial charge < -0.3 is 14.8 Å². The average Bonchev–Trinajstić information content (AvgIpc) is 2.38. The van der Waals surface area contributed by atoms with Crippen LogP contribution in [0.2, 0.25) is 0 Å². The molecule has 0 fully saturated rings. The molecule has 0 heterocycles. The van der Waals surface area contributed by atoms with Crippen molar-refractivity contribution in [3.63, 3.8) is 0 Å². The van der Waals surface area contributed by atoms with Crippen LogP contribution in [0.15, 0.2) is 12.1 Å². The predicted molar refractivity (Wildman–Crippen MR) is 71.4 cm³/mol. The van der Waals surface area contributed by atoms with Gasteiger partial charge in [-0.3, -0.25) is 0 Å². The van der Waals surface area contributed by atoms with Gasteiger partial charge in [-0.25, -0.2) is 0 Å². The van der Waals surface area contributed by atoms with E-state index in [-0.39, 0.29) is 12.1 Å². The molecule has 1 unspecified atom stereocenters. The SMILES string of the molecule is CCCNC(c1cc(OC)c(OC)cc1C)C(F)(F)F. The van der Waals surface area contributed by atoms with Crippen molar-refractivity contribution in [1.29, 1.82) is 0 Å². The van der Waals surface area contributed by atoms with E-state index in [1.165, 1.54) is 20.3 Å². The van der Waals surface area contributed by atoms with Crippen molar-refractivity contribution < 1.29 is 22.6 Å². The van der Waals surface area contributed by atoms with Gasteiger partial charge in [-0.15, -0.1) is 0 Å². The second-order valence-electron chi connectivity index (χ2n) is 4.49. The van der Waals surface area contributed by atoms with E-state index in [9.17, 15) is 13.2 Å². The zero-order chi connectivity index (χ0) is 15.3. The van der Waals surface area contributed by atoms with Crippen LogP contribution in [0, 0.1) is 6.92 Å². The summed E-state index contributed by atoms with van der Waals surface area (Å²) in [5.41, 5.74) is 0.664. The lowest BCUT2D eigenvalue weighted by molar-refractivity contribution is -0.157. The number of hydrogen-bond acceptors (Lipinski definition) is 3. The van der Waals surface area contributed by atoms with Gasteiger partial charge in [0.2, 0.25) is 0 Å². The molecule has 20 heavy (non-hydrogen) atoms. The van der Waals surface area contributed by atoms with Crippen molar-refractivity contribution in [2.24, 2.45) is 0 Å². The van der Waals surface area contributed by atoms with Crippen LogP contribution in [0.5, 0.6) is 11.5 Å². The average molecular weight is 291 g/mol. The molecule has 0 aliphatic rings. The zero-order valence-corrected chi connectivity index (χ0v) is 12.1. The number of rotatable bonds is 6. The molecule has 1 aromatic rings. The summed E-state index contributed by atoms with van der Waals surface area (Å²) < 4.78 is 49.7. The van der Waals surface area contributed by atoms with E-state index in [1.807, 2.05) is 6.92 Å². The number of nitrogens with one attached hydrogen (secondary N) is 1. The van der Waals surface area contributed by atoms with Crippen LogP contribution in [0.25, 0.3) is 0 Å². The molecule has 0 aliphatic carbocycles. The Hall–Kier alpha value is -1.43. The normalized spacial score (nSPS) is 13.2. The van der Waals surface area contributed by atoms with E-state index in [2.05, 4.69) is 5.32 Å². The van der Waals surface area contributed by atoms with Gasteiger partial charge in [0.15, 0.2) is 11.5 Å². The van der Waals surface area contributed by atoms with Crippen LogP contribution < -0.4 is 14.8 Å². The van der Waals surface area contributed by atoms with E-state index < -0.39 is 12.2 Å². The number of aryl methyl sites for hydroxylation is 1. The molecule has 1 atom stereocenters. The Morgan fingerprint density at radius 2 is 1.70 bits per heavy atom. The predicted octanol–water partition coefficient (Wildman–Crippen LogP) is 3.62. The molecule has 0 saturated carbocycles. The second kappa shape index (κ2) is 6.83. The minimum absolute atomic E-state index is 0.156. The van der Waals surface area contributed by atoms with Gasteiger partial charge in [0.05, 0.1) is 14.2 Å². The van der Waals surface area contributed by atoms with Crippen molar-refractivity contribution in [2.45, 2.75) is 32.5 Å². The number of benzene rings is 1. The number of alkyl halides is 3. The third-order valence-corrected chi connectivity index (χ3v) is 3.01. The summed E-state index contributed by atoms with van der Waals surface area (Å²) in [6.45, 7) is 3.74. The molecule has 3 nitrogen and oxygen atoms in total. The lowest BCUT2D eigenvalue weighted by atomic mass is 9.99. The monoisotopic (exact) mass is 291 g/mol. The van der Waals surface area contributed by atoms with Crippen LogP contribution in [-0.2, 0) is 0 Å². The molecule has 0 aliphatic heterocycles. The molecule has 0 bridgehead atoms. The zero-order valence-electron chi connectivity index (χ0n) is 12.1. The maximum absolute atomic E-state index is 13.2. The van der Waals surface area contributed by atoms with E-state index in [0.29, 0.717) is 23.5 Å². The molecule has 1 rings (SSSR count). The maximum Gasteiger partial charge on any atom is 0.407 e. The third-order valence-electron chi connectivity index (χ3n) is 3.01. The van der Waals surface area contributed by atoms with Crippen molar-refractivity contribution in [3.8, 4) is 11.5 Å². The van der Waals surface area contributed by atoms with Crippen LogP contribution in [-0.4, -0.2) is 26.9 Å². The summed E-state index contributed by atoms with van der Waals surface area (Å²) in [5.74, 6) is 0.714. The van der Waals surface area contributed by atoms with Gasteiger partial charge in [0.25, 0.3) is 0 Å². The largest absolute Gasteiger partial charge is 0.493 e. The maximum atomic E-state index is 13.2. The lowest BCUT2D eigenvalue weighted by Crippen LogP contribution is -2.35. The Bertz CT molecular complexity index is 447. The van der Waals surface area contributed by atoms with E-state index in [1.54, 1.807) is 13.0 Å². The Balaban J connectivity index is 3.25. The van der Waals surface area contributed by atoms with Crippen molar-refractivity contribution >= 4 is 0 Å². The minimum Gasteiger partial charge on any atom is -0.493 e. The quantitative estimate of drug-likeness (QED) is 0.868. The first-order valence-corrected chi connectivity index (χ1v) is 6.37. The number of ether oxygens (including phenoxy) is 2. The molecule has 6 heteroatoms. The fourth-order valence-corrected chi connectivity index (χ4v) is 2.00. The highest BCUT2D eigenvalue weighted by molar-refractivity contribution is 5.48. The molecule has 0 radical (unpaired) electrons. The van der Waals surface area contributed by atoms with E-state index in [0.717, 1.165) is 0 Å². The number of methoxy groups -OCH3 is 2. The topological polar surface area (TPSA) is 30.5 Å². The van der Waals surface area contributed by atoms with Gasteiger partial charge in [-0.05, 0) is 43.1 Å². The van der Waals surface area contributed by atoms with Crippen LogP contribution >= 0.6 is 0 Å². The van der Waals surface area contributed by atoms with Crippen LogP contribution in [0.4, 0.5) is 13.2 Å². The van der Waals surface area contributed by atoms with Gasteiger partial charge in [-0.2, -0.15) is 13.2 Å². The molecule has 0 aromatic heterocycles. The Morgan fingerprint density at radius 3 is 2.15 bits per heavy atom. The van der Waals surface area contributed by atoms with Crippen LogP contribution in [0.3, 0.4) is 0 Å². The fraction of sp³-hybridized carbons (Fsp3) is 0.571. The number of hydrogen-bond donors (Lipinski definition) is 1. The lowest BCUT2D eigenvalue weighted by Gasteiger charge is -2.24. The number of halogens is 3. The second-order valence-corrected chi connectivity index (χ2v) is 4.49. The molecular formula is C14H20F3NO2. The smallest absolute Gasteiger partial charge is 0.407 e. The molecule has 0 spiro atoms. The molecule has 1 aromatic carbocycles. The third kappa shape index (κ3) is 3.79. The first-order chi connectivity index (χ1) is 9.35. The van der Waals surface area contributed by atoms with Crippen molar-refractivity contribution in [3.05, 3.63) is 23.3 Å². The summed E-state index contributed by atoms with van der Waals surface area (Å²) in [7, 11) is 2.85. The van der Waals surface area contributed by atoms with E-state index >= 15 is 0 Å². The van der Waals surface area contributed by atoms with Gasteiger partial charge >= 0.3 is 6.18 Å². The standard InChI is InChI=1S/C14H20F3NO2/c1-5-6-18-13(14(15,16)17)10-8-12(20-4)11(19-3)7-9(10)2/h7-8,13,18H,5-6H2,1-4H3. The molecule has 0 amide bonds. The van der Waals surface area contributed by atoms with E-state index in [4.69, 9.17) is 9.47 Å². The van der Waals surface area contributed by atoms with Gasteiger partial charge in [0, 0.05) is 0 Å². The fourth-order valence-electron chi connectivity index (χ4n) is 2.00. The molecule has 1 N–H and O–H groups in total. The highest BCUT2D eigenvalue weighted by atomic mass is 19.4. The first kappa shape index (κ1) is 16.6. The molecule has 114 valence electrons. The summed E-state index contributed by atoms with van der Waals surface area (Å²) >= 11 is 0. The highest BCUT2D eigenvalue weighted by Gasteiger charge is 2.41. The Labute approximate surface area is 117 Å². The summed E-state index contributed by atoms with van der Waals surface area (Å²) in [5, 5.41) is 2.53. The molecule has 0 saturated heterocycles. The summed E-state index contributed by atoms with van der Waals surface area (Å²) in [4.78, 5) is 0. The summed E-state index contributed by atoms with van der Waals surface area (Å²) in [6.07, 6.45) is -3.74. The Morgan fingerprint density at radius 1 is 1.15 bits per heavy atom. The highest BCUT2D eigenvalue weighted by Crippen LogP contribution is 2.39. The Kier molecular flexibility index (Phi) is 5.68. The molecular weight excluding hydrogens is 271 g/mol. The van der Waals surface area contributed by atoms with Crippen molar-refractivity contribution in [2.75, 3.05) is 20.8 Å². The van der Waals surface area contributed by atoms with Crippen LogP contribution in [0.1, 0.15) is 30.5 Å². The minimum atomic E-state index is -4.36. The van der Waals surface area contributed by atoms with Crippen molar-refractivity contribution in [1.82, 2.24) is 5.32 Å². The van der Waals surface area contributed by atoms with Gasteiger partial charge in [0.1, 0.15) is 6.04 Å². The first-order valence-electron chi connectivity index (χ1n) is 6.37.